The molecule has 0 spiro atoms. The van der Waals surface area contributed by atoms with Crippen molar-refractivity contribution in [2.45, 2.75) is 91.7 Å². The third-order valence-electron chi connectivity index (χ3n) is 7.24. The smallest absolute Gasteiger partial charge is 0.326 e. The lowest BCUT2D eigenvalue weighted by Gasteiger charge is -2.26. The molecule has 1 fully saturated rings. The van der Waals surface area contributed by atoms with E-state index in [0.29, 0.717) is 23.8 Å². The number of aliphatic hydroxyl groups is 1. The summed E-state index contributed by atoms with van der Waals surface area (Å²) in [6, 6.07) is 7.63. The normalized spacial score (nSPS) is 17.8. The van der Waals surface area contributed by atoms with Gasteiger partial charge in [-0.1, -0.05) is 39.8 Å². The summed E-state index contributed by atoms with van der Waals surface area (Å²) >= 11 is 1.52. The third-order valence-corrected chi connectivity index (χ3v) is 8.63. The van der Waals surface area contributed by atoms with E-state index in [1.807, 2.05) is 40.7 Å². The van der Waals surface area contributed by atoms with Crippen LogP contribution < -0.4 is 4.74 Å². The number of aliphatic hydroxyl groups excluding tert-OH is 1. The van der Waals surface area contributed by atoms with E-state index in [4.69, 9.17) is 4.74 Å². The standard InChI is InChI=1S/C29H41NO5S/c1-7-21(12-10-20-11-13-23(18(2)15-20)35-17-25(31)29(4,5)6)24-16-19(3)26(36-24)27(32)30-14-8-9-22(30)28(33)34/h11,13,15-16,21-22,25,31H,7-10,12,14,17H2,1-6H3,(H,33,34). The molecule has 3 unspecified atom stereocenters. The first-order valence-corrected chi connectivity index (χ1v) is 13.8. The van der Waals surface area contributed by atoms with E-state index >= 15 is 0 Å². The van der Waals surface area contributed by atoms with Crippen LogP contribution in [0.4, 0.5) is 0 Å². The van der Waals surface area contributed by atoms with E-state index in [9.17, 15) is 19.8 Å². The molecule has 1 aromatic carbocycles. The lowest BCUT2D eigenvalue weighted by molar-refractivity contribution is -0.141. The Labute approximate surface area is 219 Å². The number of thiophene rings is 1. The number of rotatable bonds is 10. The summed E-state index contributed by atoms with van der Waals surface area (Å²) in [4.78, 5) is 28.1. The number of ether oxygens (including phenoxy) is 1. The second kappa shape index (κ2) is 11.8. The summed E-state index contributed by atoms with van der Waals surface area (Å²) in [6.07, 6.45) is 3.58. The molecule has 1 aliphatic heterocycles. The molecule has 3 rings (SSSR count). The van der Waals surface area contributed by atoms with Crippen molar-refractivity contribution in [2.24, 2.45) is 5.41 Å². The number of aryl methyl sites for hydroxylation is 3. The maximum Gasteiger partial charge on any atom is 0.326 e. The molecule has 7 heteroatoms. The highest BCUT2D eigenvalue weighted by molar-refractivity contribution is 7.14. The summed E-state index contributed by atoms with van der Waals surface area (Å²) in [5.74, 6) is 0.0695. The van der Waals surface area contributed by atoms with Crippen LogP contribution in [0.2, 0.25) is 0 Å². The van der Waals surface area contributed by atoms with Gasteiger partial charge in [0.2, 0.25) is 0 Å². The minimum absolute atomic E-state index is 0.147. The number of carbonyl (C=O) groups is 2. The number of carboxylic acids is 1. The van der Waals surface area contributed by atoms with Gasteiger partial charge in [0.05, 0.1) is 11.0 Å². The van der Waals surface area contributed by atoms with Gasteiger partial charge in [-0.2, -0.15) is 0 Å². The highest BCUT2D eigenvalue weighted by Crippen LogP contribution is 2.35. The zero-order valence-corrected chi connectivity index (χ0v) is 23.3. The third kappa shape index (κ3) is 6.68. The number of carbonyl (C=O) groups excluding carboxylic acids is 1. The number of carboxylic acid groups (broad SMARTS) is 1. The molecule has 6 nitrogen and oxygen atoms in total. The van der Waals surface area contributed by atoms with Crippen LogP contribution in [0.3, 0.4) is 0 Å². The molecule has 0 radical (unpaired) electrons. The van der Waals surface area contributed by atoms with Crippen molar-refractivity contribution in [2.75, 3.05) is 13.2 Å². The number of hydrogen-bond donors (Lipinski definition) is 2. The quantitative estimate of drug-likeness (QED) is 0.407. The Hall–Kier alpha value is -2.38. The second-order valence-electron chi connectivity index (χ2n) is 11.1. The van der Waals surface area contributed by atoms with Crippen molar-refractivity contribution in [3.63, 3.8) is 0 Å². The van der Waals surface area contributed by atoms with E-state index < -0.39 is 18.1 Å². The molecule has 0 bridgehead atoms. The van der Waals surface area contributed by atoms with Crippen molar-refractivity contribution < 1.29 is 24.5 Å². The van der Waals surface area contributed by atoms with Gasteiger partial charge in [0.1, 0.15) is 18.4 Å². The number of nitrogens with zero attached hydrogens (tertiary/aromatic N) is 1. The largest absolute Gasteiger partial charge is 0.491 e. The van der Waals surface area contributed by atoms with Crippen molar-refractivity contribution in [3.05, 3.63) is 50.7 Å². The van der Waals surface area contributed by atoms with Crippen molar-refractivity contribution >= 4 is 23.2 Å². The molecular weight excluding hydrogens is 474 g/mol. The molecular formula is C29H41NO5S. The van der Waals surface area contributed by atoms with E-state index in [2.05, 4.69) is 25.1 Å². The predicted molar refractivity (Wildman–Crippen MR) is 144 cm³/mol. The molecule has 1 saturated heterocycles. The molecule has 2 heterocycles. The fourth-order valence-electron chi connectivity index (χ4n) is 4.65. The van der Waals surface area contributed by atoms with Crippen LogP contribution >= 0.6 is 11.3 Å². The molecule has 198 valence electrons. The minimum atomic E-state index is -0.918. The summed E-state index contributed by atoms with van der Waals surface area (Å²) in [7, 11) is 0. The highest BCUT2D eigenvalue weighted by atomic mass is 32.1. The van der Waals surface area contributed by atoms with Gasteiger partial charge < -0.3 is 19.8 Å². The average Bonchev–Trinajstić information content (AvgIpc) is 3.45. The summed E-state index contributed by atoms with van der Waals surface area (Å²) < 4.78 is 5.88. The predicted octanol–water partition coefficient (Wildman–Crippen LogP) is 5.97. The van der Waals surface area contributed by atoms with Crippen molar-refractivity contribution in [1.29, 1.82) is 0 Å². The number of aliphatic carboxylic acids is 1. The molecule has 1 aliphatic rings. The van der Waals surface area contributed by atoms with E-state index in [-0.39, 0.29) is 17.9 Å². The summed E-state index contributed by atoms with van der Waals surface area (Å²) in [5, 5.41) is 19.7. The fourth-order valence-corrected chi connectivity index (χ4v) is 6.00. The van der Waals surface area contributed by atoms with Gasteiger partial charge in [0, 0.05) is 11.4 Å². The fraction of sp³-hybridized carbons (Fsp3) is 0.586. The average molecular weight is 516 g/mol. The van der Waals surface area contributed by atoms with Crippen LogP contribution in [-0.4, -0.2) is 52.3 Å². The Morgan fingerprint density at radius 1 is 1.19 bits per heavy atom. The number of hydrogen-bond acceptors (Lipinski definition) is 5. The molecule has 0 aliphatic carbocycles. The van der Waals surface area contributed by atoms with E-state index in [1.54, 1.807) is 0 Å². The Balaban J connectivity index is 1.64. The Morgan fingerprint density at radius 2 is 1.92 bits per heavy atom. The SMILES string of the molecule is CCC(CCc1ccc(OCC(O)C(C)(C)C)c(C)c1)c1cc(C)c(C(=O)N2CCCC2C(=O)O)s1. The Morgan fingerprint density at radius 3 is 2.53 bits per heavy atom. The number of amides is 1. The maximum absolute atomic E-state index is 13.2. The van der Waals surface area contributed by atoms with Gasteiger partial charge in [-0.3, -0.25) is 4.79 Å². The zero-order valence-electron chi connectivity index (χ0n) is 22.5. The van der Waals surface area contributed by atoms with Gasteiger partial charge >= 0.3 is 5.97 Å². The molecule has 2 aromatic rings. The van der Waals surface area contributed by atoms with Gasteiger partial charge in [-0.25, -0.2) is 4.79 Å². The molecule has 1 amide bonds. The Kier molecular flexibility index (Phi) is 9.23. The lowest BCUT2D eigenvalue weighted by atomic mass is 9.90. The molecule has 3 atom stereocenters. The monoisotopic (exact) mass is 515 g/mol. The van der Waals surface area contributed by atoms with Crippen molar-refractivity contribution in [1.82, 2.24) is 4.90 Å². The highest BCUT2D eigenvalue weighted by Gasteiger charge is 2.35. The van der Waals surface area contributed by atoms with Crippen LogP contribution in [0.15, 0.2) is 24.3 Å². The van der Waals surface area contributed by atoms with Gasteiger partial charge in [-0.15, -0.1) is 11.3 Å². The van der Waals surface area contributed by atoms with Crippen LogP contribution in [0.1, 0.15) is 90.5 Å². The molecule has 2 N–H and O–H groups in total. The zero-order chi connectivity index (χ0) is 26.6. The first kappa shape index (κ1) is 28.2. The minimum Gasteiger partial charge on any atom is -0.491 e. The van der Waals surface area contributed by atoms with Crippen LogP contribution in [0.5, 0.6) is 5.75 Å². The van der Waals surface area contributed by atoms with E-state index in [0.717, 1.165) is 42.6 Å². The lowest BCUT2D eigenvalue weighted by Crippen LogP contribution is -2.40. The first-order chi connectivity index (χ1) is 16.9. The van der Waals surface area contributed by atoms with Crippen LogP contribution in [0.25, 0.3) is 0 Å². The number of likely N-dealkylation sites (tertiary alicyclic amines) is 1. The van der Waals surface area contributed by atoms with Crippen LogP contribution in [0, 0.1) is 19.3 Å². The van der Waals surface area contributed by atoms with Gasteiger partial charge in [-0.05, 0) is 86.1 Å². The molecule has 36 heavy (non-hydrogen) atoms. The maximum atomic E-state index is 13.2. The van der Waals surface area contributed by atoms with Gasteiger partial charge in [0.25, 0.3) is 5.91 Å². The summed E-state index contributed by atoms with van der Waals surface area (Å²) in [5.41, 5.74) is 3.00. The topological polar surface area (TPSA) is 87.1 Å². The number of benzene rings is 1. The second-order valence-corrected chi connectivity index (χ2v) is 12.2. The summed E-state index contributed by atoms with van der Waals surface area (Å²) in [6.45, 7) is 12.9. The first-order valence-electron chi connectivity index (χ1n) is 13.0. The Bertz CT molecular complexity index is 1070. The van der Waals surface area contributed by atoms with E-state index in [1.165, 1.54) is 26.7 Å². The molecule has 0 saturated carbocycles. The van der Waals surface area contributed by atoms with Gasteiger partial charge in [0.15, 0.2) is 0 Å². The van der Waals surface area contributed by atoms with Crippen molar-refractivity contribution in [3.8, 4) is 5.75 Å². The van der Waals surface area contributed by atoms with Crippen LogP contribution in [-0.2, 0) is 11.2 Å². The molecule has 1 aromatic heterocycles.